The Morgan fingerprint density at radius 1 is 0.966 bits per heavy atom. The maximum Gasteiger partial charge on any atom is 0.276 e. The van der Waals surface area contributed by atoms with Gasteiger partial charge in [0.2, 0.25) is 0 Å². The predicted octanol–water partition coefficient (Wildman–Crippen LogP) is 3.07. The molecule has 154 valence electrons. The summed E-state index contributed by atoms with van der Waals surface area (Å²) in [5.41, 5.74) is 6.54. The van der Waals surface area contributed by atoms with Crippen molar-refractivity contribution in [1.82, 2.24) is 10.9 Å². The number of benzene rings is 2. The van der Waals surface area contributed by atoms with Crippen molar-refractivity contribution in [3.05, 3.63) is 59.7 Å². The number of ether oxygens (including phenoxy) is 3. The first kappa shape index (κ1) is 21.8. The molecule has 0 heterocycles. The molecule has 7 heteroatoms. The van der Waals surface area contributed by atoms with Crippen LogP contribution >= 0.6 is 0 Å². The molecular weight excluding hydrogens is 372 g/mol. The van der Waals surface area contributed by atoms with Crippen LogP contribution in [0, 0.1) is 0 Å². The summed E-state index contributed by atoms with van der Waals surface area (Å²) >= 11 is 0. The molecule has 0 aliphatic heterocycles. The van der Waals surface area contributed by atoms with E-state index < -0.39 is 11.8 Å². The van der Waals surface area contributed by atoms with Crippen LogP contribution in [0.25, 0.3) is 6.08 Å². The maximum absolute atomic E-state index is 11.9. The molecule has 0 aromatic heterocycles. The summed E-state index contributed by atoms with van der Waals surface area (Å²) < 4.78 is 15.8. The Balaban J connectivity index is 1.78. The minimum absolute atomic E-state index is 0.208. The number of amides is 2. The topological polar surface area (TPSA) is 85.9 Å². The Morgan fingerprint density at radius 2 is 1.66 bits per heavy atom. The SMILES string of the molecule is COc1ccc(C=CC(=O)NNC(=O)COc2ccc(C(C)C)cc2)cc1OC. The van der Waals surface area contributed by atoms with Gasteiger partial charge in [-0.3, -0.25) is 20.4 Å². The molecule has 7 nitrogen and oxygen atoms in total. The minimum Gasteiger partial charge on any atom is -0.493 e. The summed E-state index contributed by atoms with van der Waals surface area (Å²) in [7, 11) is 3.09. The second-order valence-corrected chi connectivity index (χ2v) is 6.50. The fourth-order valence-electron chi connectivity index (χ4n) is 2.44. The van der Waals surface area contributed by atoms with Gasteiger partial charge in [-0.15, -0.1) is 0 Å². The van der Waals surface area contributed by atoms with Crippen molar-refractivity contribution in [3.8, 4) is 17.2 Å². The fourth-order valence-corrected chi connectivity index (χ4v) is 2.44. The van der Waals surface area contributed by atoms with E-state index in [2.05, 4.69) is 24.7 Å². The van der Waals surface area contributed by atoms with Crippen molar-refractivity contribution in [2.75, 3.05) is 20.8 Å². The number of methoxy groups -OCH3 is 2. The molecule has 2 N–H and O–H groups in total. The van der Waals surface area contributed by atoms with E-state index >= 15 is 0 Å². The lowest BCUT2D eigenvalue weighted by Crippen LogP contribution is -2.43. The lowest BCUT2D eigenvalue weighted by Gasteiger charge is -2.09. The summed E-state index contributed by atoms with van der Waals surface area (Å²) in [6, 6.07) is 12.8. The monoisotopic (exact) mass is 398 g/mol. The molecular formula is C22H26N2O5. The van der Waals surface area contributed by atoms with Gasteiger partial charge in [0.15, 0.2) is 18.1 Å². The van der Waals surface area contributed by atoms with Gasteiger partial charge in [0.25, 0.3) is 11.8 Å². The highest BCUT2D eigenvalue weighted by Crippen LogP contribution is 2.27. The molecule has 0 saturated heterocycles. The number of hydrogen-bond donors (Lipinski definition) is 2. The van der Waals surface area contributed by atoms with Crippen molar-refractivity contribution < 1.29 is 23.8 Å². The summed E-state index contributed by atoms with van der Waals surface area (Å²) in [5.74, 6) is 1.22. The Hall–Kier alpha value is -3.48. The van der Waals surface area contributed by atoms with Crippen molar-refractivity contribution >= 4 is 17.9 Å². The van der Waals surface area contributed by atoms with Crippen LogP contribution < -0.4 is 25.1 Å². The first-order chi connectivity index (χ1) is 13.9. The maximum atomic E-state index is 11.9. The quantitative estimate of drug-likeness (QED) is 0.527. The highest BCUT2D eigenvalue weighted by Gasteiger charge is 2.06. The van der Waals surface area contributed by atoms with Crippen LogP contribution in [0.2, 0.25) is 0 Å². The molecule has 0 aliphatic rings. The van der Waals surface area contributed by atoms with Gasteiger partial charge in [0, 0.05) is 6.08 Å². The van der Waals surface area contributed by atoms with Gasteiger partial charge in [0.1, 0.15) is 5.75 Å². The van der Waals surface area contributed by atoms with Crippen molar-refractivity contribution in [3.63, 3.8) is 0 Å². The first-order valence-corrected chi connectivity index (χ1v) is 9.14. The third kappa shape index (κ3) is 6.88. The second kappa shape index (κ2) is 10.8. The molecule has 29 heavy (non-hydrogen) atoms. The highest BCUT2D eigenvalue weighted by atomic mass is 16.5. The number of carbonyl (C=O) groups is 2. The molecule has 2 aromatic rings. The molecule has 0 radical (unpaired) electrons. The number of rotatable bonds is 8. The van der Waals surface area contributed by atoms with E-state index in [0.29, 0.717) is 23.2 Å². The fraction of sp³-hybridized carbons (Fsp3) is 0.273. The molecule has 0 spiro atoms. The lowest BCUT2D eigenvalue weighted by atomic mass is 10.0. The Morgan fingerprint density at radius 3 is 2.28 bits per heavy atom. The number of hydrogen-bond acceptors (Lipinski definition) is 5. The van der Waals surface area contributed by atoms with E-state index in [0.717, 1.165) is 5.56 Å². The van der Waals surface area contributed by atoms with Crippen LogP contribution in [0.4, 0.5) is 0 Å². The van der Waals surface area contributed by atoms with Crippen molar-refractivity contribution in [2.45, 2.75) is 19.8 Å². The van der Waals surface area contributed by atoms with E-state index in [1.807, 2.05) is 24.3 Å². The van der Waals surface area contributed by atoms with Gasteiger partial charge in [-0.25, -0.2) is 0 Å². The normalized spacial score (nSPS) is 10.7. The third-order valence-electron chi connectivity index (χ3n) is 4.08. The number of carbonyl (C=O) groups excluding carboxylic acids is 2. The Labute approximate surface area is 170 Å². The molecule has 2 rings (SSSR count). The van der Waals surface area contributed by atoms with Gasteiger partial charge < -0.3 is 14.2 Å². The van der Waals surface area contributed by atoms with Crippen LogP contribution in [0.15, 0.2) is 48.5 Å². The van der Waals surface area contributed by atoms with Gasteiger partial charge in [0.05, 0.1) is 14.2 Å². The summed E-state index contributed by atoms with van der Waals surface area (Å²) in [6.45, 7) is 4.00. The van der Waals surface area contributed by atoms with Gasteiger partial charge in [-0.05, 0) is 47.4 Å². The molecule has 0 fully saturated rings. The zero-order chi connectivity index (χ0) is 21.2. The van der Waals surface area contributed by atoms with Crippen molar-refractivity contribution in [1.29, 1.82) is 0 Å². The van der Waals surface area contributed by atoms with E-state index in [1.54, 1.807) is 31.4 Å². The minimum atomic E-state index is -0.477. The predicted molar refractivity (Wildman–Crippen MR) is 111 cm³/mol. The van der Waals surface area contributed by atoms with Crippen LogP contribution in [-0.2, 0) is 9.59 Å². The summed E-state index contributed by atoms with van der Waals surface area (Å²) in [6.07, 6.45) is 2.89. The Bertz CT molecular complexity index is 860. The number of hydrazine groups is 1. The summed E-state index contributed by atoms with van der Waals surface area (Å²) in [4.78, 5) is 23.7. The van der Waals surface area contributed by atoms with E-state index in [4.69, 9.17) is 14.2 Å². The highest BCUT2D eigenvalue weighted by molar-refractivity contribution is 5.93. The lowest BCUT2D eigenvalue weighted by molar-refractivity contribution is -0.128. The van der Waals surface area contributed by atoms with Gasteiger partial charge >= 0.3 is 0 Å². The molecule has 0 unspecified atom stereocenters. The average molecular weight is 398 g/mol. The van der Waals surface area contributed by atoms with Crippen molar-refractivity contribution in [2.24, 2.45) is 0 Å². The Kier molecular flexibility index (Phi) is 8.09. The van der Waals surface area contributed by atoms with E-state index in [-0.39, 0.29) is 6.61 Å². The molecule has 2 amide bonds. The molecule has 0 atom stereocenters. The molecule has 0 saturated carbocycles. The molecule has 2 aromatic carbocycles. The smallest absolute Gasteiger partial charge is 0.276 e. The van der Waals surface area contributed by atoms with Crippen LogP contribution in [0.1, 0.15) is 30.9 Å². The zero-order valence-corrected chi connectivity index (χ0v) is 17.0. The van der Waals surface area contributed by atoms with E-state index in [1.165, 1.54) is 18.7 Å². The average Bonchev–Trinajstić information content (AvgIpc) is 2.74. The first-order valence-electron chi connectivity index (χ1n) is 9.14. The molecule has 0 bridgehead atoms. The molecule has 0 aliphatic carbocycles. The van der Waals surface area contributed by atoms with E-state index in [9.17, 15) is 9.59 Å². The van der Waals surface area contributed by atoms with Gasteiger partial charge in [-0.1, -0.05) is 32.0 Å². The largest absolute Gasteiger partial charge is 0.493 e. The number of nitrogens with one attached hydrogen (secondary N) is 2. The van der Waals surface area contributed by atoms with Crippen LogP contribution in [0.3, 0.4) is 0 Å². The standard InChI is InChI=1S/C22H26N2O5/c1-15(2)17-7-9-18(10-8-17)29-14-22(26)24-23-21(25)12-6-16-5-11-19(27-3)20(13-16)28-4/h5-13,15H,14H2,1-4H3,(H,23,25)(H,24,26). The van der Waals surface area contributed by atoms with Crippen LogP contribution in [-0.4, -0.2) is 32.6 Å². The summed E-state index contributed by atoms with van der Waals surface area (Å²) in [5, 5.41) is 0. The van der Waals surface area contributed by atoms with Crippen LogP contribution in [0.5, 0.6) is 17.2 Å². The third-order valence-corrected chi connectivity index (χ3v) is 4.08. The second-order valence-electron chi connectivity index (χ2n) is 6.50. The van der Waals surface area contributed by atoms with Gasteiger partial charge in [-0.2, -0.15) is 0 Å². The zero-order valence-electron chi connectivity index (χ0n) is 17.0.